The molecule has 1 amide bonds. The fourth-order valence-electron chi connectivity index (χ4n) is 3.58. The molecule has 1 aromatic heterocycles. The number of aromatic amines is 1. The summed E-state index contributed by atoms with van der Waals surface area (Å²) >= 11 is 0. The Morgan fingerprint density at radius 3 is 2.53 bits per heavy atom. The van der Waals surface area contributed by atoms with Gasteiger partial charge in [-0.2, -0.15) is 0 Å². The summed E-state index contributed by atoms with van der Waals surface area (Å²) < 4.78 is 16.2. The molecule has 0 saturated carbocycles. The first-order valence-electron chi connectivity index (χ1n) is 9.95. The van der Waals surface area contributed by atoms with Crippen molar-refractivity contribution in [2.75, 3.05) is 47.0 Å². The molecule has 1 N–H and O–H groups in total. The molecule has 1 aliphatic heterocycles. The molecule has 0 radical (unpaired) electrons. The highest BCUT2D eigenvalue weighted by Crippen LogP contribution is 2.25. The molecule has 1 saturated heterocycles. The minimum absolute atomic E-state index is 0.00573. The topological polar surface area (TPSA) is 79.9 Å². The third-order valence-electron chi connectivity index (χ3n) is 5.26. The first-order valence-corrected chi connectivity index (χ1v) is 9.95. The van der Waals surface area contributed by atoms with Crippen molar-refractivity contribution in [3.05, 3.63) is 48.3 Å². The molecule has 2 aromatic carbocycles. The molecule has 2 heterocycles. The Kier molecular flexibility index (Phi) is 6.04. The van der Waals surface area contributed by atoms with Crippen LogP contribution in [0.5, 0.6) is 17.2 Å². The normalized spacial score (nSPS) is 14.7. The predicted octanol–water partition coefficient (Wildman–Crippen LogP) is 2.30. The first kappa shape index (κ1) is 20.0. The number of carbonyl (C=O) groups excluding carboxylic acids is 1. The molecule has 8 nitrogen and oxygen atoms in total. The number of aromatic nitrogens is 2. The van der Waals surface area contributed by atoms with Gasteiger partial charge in [0.25, 0.3) is 5.91 Å². The van der Waals surface area contributed by atoms with E-state index in [4.69, 9.17) is 14.2 Å². The van der Waals surface area contributed by atoms with Crippen LogP contribution in [0.3, 0.4) is 0 Å². The second kappa shape index (κ2) is 9.04. The number of hydrogen-bond acceptors (Lipinski definition) is 6. The van der Waals surface area contributed by atoms with Gasteiger partial charge in [0.05, 0.1) is 31.8 Å². The van der Waals surface area contributed by atoms with Crippen molar-refractivity contribution in [3.63, 3.8) is 0 Å². The molecule has 0 spiro atoms. The molecule has 158 valence electrons. The van der Waals surface area contributed by atoms with Gasteiger partial charge in [0.1, 0.15) is 11.6 Å². The Bertz CT molecular complexity index is 1010. The van der Waals surface area contributed by atoms with Crippen molar-refractivity contribution in [2.45, 2.75) is 6.54 Å². The van der Waals surface area contributed by atoms with E-state index in [-0.39, 0.29) is 12.5 Å². The molecular weight excluding hydrogens is 384 g/mol. The van der Waals surface area contributed by atoms with E-state index in [2.05, 4.69) is 14.9 Å². The van der Waals surface area contributed by atoms with Gasteiger partial charge in [-0.05, 0) is 24.3 Å². The van der Waals surface area contributed by atoms with Crippen LogP contribution in [0, 0.1) is 0 Å². The van der Waals surface area contributed by atoms with Crippen molar-refractivity contribution < 1.29 is 19.0 Å². The number of carbonyl (C=O) groups is 1. The zero-order valence-corrected chi connectivity index (χ0v) is 17.3. The molecule has 1 fully saturated rings. The molecule has 8 heteroatoms. The molecule has 0 atom stereocenters. The number of nitrogens with one attached hydrogen (secondary N) is 1. The number of imidazole rings is 1. The van der Waals surface area contributed by atoms with Crippen LogP contribution in [-0.4, -0.2) is 72.7 Å². The molecule has 30 heavy (non-hydrogen) atoms. The summed E-state index contributed by atoms with van der Waals surface area (Å²) in [5.74, 6) is 2.90. The number of ether oxygens (including phenoxy) is 3. The minimum atomic E-state index is -0.0172. The van der Waals surface area contributed by atoms with Crippen LogP contribution in [0.2, 0.25) is 0 Å². The zero-order chi connectivity index (χ0) is 20.9. The summed E-state index contributed by atoms with van der Waals surface area (Å²) in [5.41, 5.74) is 1.89. The third kappa shape index (κ3) is 4.49. The smallest absolute Gasteiger partial charge is 0.260 e. The van der Waals surface area contributed by atoms with Crippen LogP contribution < -0.4 is 14.2 Å². The lowest BCUT2D eigenvalue weighted by Crippen LogP contribution is -2.49. The third-order valence-corrected chi connectivity index (χ3v) is 5.26. The van der Waals surface area contributed by atoms with E-state index in [1.54, 1.807) is 20.3 Å². The maximum absolute atomic E-state index is 12.5. The lowest BCUT2D eigenvalue weighted by Gasteiger charge is -2.34. The first-order chi connectivity index (χ1) is 14.7. The monoisotopic (exact) mass is 410 g/mol. The lowest BCUT2D eigenvalue weighted by molar-refractivity contribution is -0.135. The number of benzene rings is 2. The second-order valence-electron chi connectivity index (χ2n) is 7.16. The highest BCUT2D eigenvalue weighted by atomic mass is 16.5. The van der Waals surface area contributed by atoms with Crippen LogP contribution in [0.15, 0.2) is 42.5 Å². The van der Waals surface area contributed by atoms with Gasteiger partial charge in [0.2, 0.25) is 0 Å². The average molecular weight is 410 g/mol. The van der Waals surface area contributed by atoms with Gasteiger partial charge in [-0.3, -0.25) is 9.69 Å². The summed E-state index contributed by atoms with van der Waals surface area (Å²) in [6, 6.07) is 13.1. The second-order valence-corrected chi connectivity index (χ2v) is 7.16. The SMILES string of the molecule is COc1ccc2nc(CN3CCN(C(=O)COc4ccccc4OC)CC3)[nH]c2c1. The van der Waals surface area contributed by atoms with E-state index in [9.17, 15) is 4.79 Å². The summed E-state index contributed by atoms with van der Waals surface area (Å²) in [7, 11) is 3.24. The van der Waals surface area contributed by atoms with Gasteiger partial charge >= 0.3 is 0 Å². The zero-order valence-electron chi connectivity index (χ0n) is 17.3. The summed E-state index contributed by atoms with van der Waals surface area (Å²) in [5, 5.41) is 0. The average Bonchev–Trinajstić information content (AvgIpc) is 3.19. The summed E-state index contributed by atoms with van der Waals surface area (Å²) in [6.07, 6.45) is 0. The van der Waals surface area contributed by atoms with Gasteiger partial charge in [0.15, 0.2) is 18.1 Å². The number of para-hydroxylation sites is 2. The van der Waals surface area contributed by atoms with Crippen LogP contribution in [0.1, 0.15) is 5.82 Å². The Morgan fingerprint density at radius 1 is 1.03 bits per heavy atom. The molecular formula is C22H26N4O4. The number of nitrogens with zero attached hydrogens (tertiary/aromatic N) is 3. The Morgan fingerprint density at radius 2 is 1.80 bits per heavy atom. The number of methoxy groups -OCH3 is 2. The fourth-order valence-corrected chi connectivity index (χ4v) is 3.58. The molecule has 0 aliphatic carbocycles. The molecule has 1 aliphatic rings. The Balaban J connectivity index is 1.28. The van der Waals surface area contributed by atoms with E-state index in [0.29, 0.717) is 24.6 Å². The number of amides is 1. The van der Waals surface area contributed by atoms with E-state index in [0.717, 1.165) is 42.2 Å². The molecule has 0 bridgehead atoms. The van der Waals surface area contributed by atoms with E-state index in [1.165, 1.54) is 0 Å². The maximum Gasteiger partial charge on any atom is 0.260 e. The number of piperazine rings is 1. The number of hydrogen-bond donors (Lipinski definition) is 1. The molecule has 0 unspecified atom stereocenters. The standard InChI is InChI=1S/C22H26N4O4/c1-28-16-7-8-17-18(13-16)24-21(23-17)14-25-9-11-26(12-10-25)22(27)15-30-20-6-4-3-5-19(20)29-2/h3-8,13H,9-12,14-15H2,1-2H3,(H,23,24). The summed E-state index contributed by atoms with van der Waals surface area (Å²) in [6.45, 7) is 3.65. The van der Waals surface area contributed by atoms with Crippen LogP contribution in [0.4, 0.5) is 0 Å². The van der Waals surface area contributed by atoms with Gasteiger partial charge in [-0.25, -0.2) is 4.98 Å². The van der Waals surface area contributed by atoms with Crippen molar-refractivity contribution in [1.82, 2.24) is 19.8 Å². The molecule has 3 aromatic rings. The van der Waals surface area contributed by atoms with Gasteiger partial charge in [-0.1, -0.05) is 12.1 Å². The minimum Gasteiger partial charge on any atom is -0.497 e. The maximum atomic E-state index is 12.5. The largest absolute Gasteiger partial charge is 0.497 e. The van der Waals surface area contributed by atoms with E-state index < -0.39 is 0 Å². The number of H-pyrrole nitrogens is 1. The summed E-state index contributed by atoms with van der Waals surface area (Å²) in [4.78, 5) is 24.7. The highest BCUT2D eigenvalue weighted by Gasteiger charge is 2.22. The van der Waals surface area contributed by atoms with Gasteiger partial charge in [-0.15, -0.1) is 0 Å². The molecule has 4 rings (SSSR count). The Labute approximate surface area is 175 Å². The van der Waals surface area contributed by atoms with Crippen molar-refractivity contribution >= 4 is 16.9 Å². The van der Waals surface area contributed by atoms with E-state index >= 15 is 0 Å². The quantitative estimate of drug-likeness (QED) is 0.644. The highest BCUT2D eigenvalue weighted by molar-refractivity contribution is 5.78. The van der Waals surface area contributed by atoms with Crippen molar-refractivity contribution in [2.24, 2.45) is 0 Å². The van der Waals surface area contributed by atoms with Gasteiger partial charge < -0.3 is 24.1 Å². The number of fused-ring (bicyclic) bond motifs is 1. The Hall–Kier alpha value is -3.26. The van der Waals surface area contributed by atoms with Crippen molar-refractivity contribution in [3.8, 4) is 17.2 Å². The fraction of sp³-hybridized carbons (Fsp3) is 0.364. The van der Waals surface area contributed by atoms with E-state index in [1.807, 2.05) is 41.3 Å². The predicted molar refractivity (Wildman–Crippen MR) is 113 cm³/mol. The van der Waals surface area contributed by atoms with Crippen LogP contribution in [-0.2, 0) is 11.3 Å². The number of rotatable bonds is 7. The van der Waals surface area contributed by atoms with Crippen LogP contribution >= 0.6 is 0 Å². The van der Waals surface area contributed by atoms with Crippen LogP contribution in [0.25, 0.3) is 11.0 Å². The van der Waals surface area contributed by atoms with Gasteiger partial charge in [0, 0.05) is 32.2 Å². The lowest BCUT2D eigenvalue weighted by atomic mass is 10.3. The van der Waals surface area contributed by atoms with Crippen molar-refractivity contribution in [1.29, 1.82) is 0 Å².